The molecule has 1 aliphatic rings. The van der Waals surface area contributed by atoms with Crippen molar-refractivity contribution in [1.29, 1.82) is 0 Å². The first-order valence-corrected chi connectivity index (χ1v) is 9.41. The summed E-state index contributed by atoms with van der Waals surface area (Å²) in [5.74, 6) is -0.106. The Morgan fingerprint density at radius 2 is 1.93 bits per heavy atom. The second-order valence-electron chi connectivity index (χ2n) is 6.59. The van der Waals surface area contributed by atoms with Gasteiger partial charge in [-0.25, -0.2) is 0 Å². The number of halogens is 1. The van der Waals surface area contributed by atoms with E-state index >= 15 is 0 Å². The Kier molecular flexibility index (Phi) is 5.07. The van der Waals surface area contributed by atoms with E-state index in [1.54, 1.807) is 6.20 Å². The number of rotatable bonds is 5. The first-order valence-electron chi connectivity index (χ1n) is 9.04. The summed E-state index contributed by atoms with van der Waals surface area (Å²) in [5.41, 5.74) is 5.19. The molecule has 136 valence electrons. The van der Waals surface area contributed by atoms with E-state index in [9.17, 15) is 4.79 Å². The minimum absolute atomic E-state index is 0.106. The summed E-state index contributed by atoms with van der Waals surface area (Å²) in [4.78, 5) is 19.0. The zero-order chi connectivity index (χ0) is 18.6. The average Bonchev–Trinajstić information content (AvgIpc) is 3.14. The average molecular weight is 378 g/mol. The normalized spacial score (nSPS) is 12.7. The van der Waals surface area contributed by atoms with Crippen LogP contribution < -0.4 is 10.2 Å². The lowest BCUT2D eigenvalue weighted by Gasteiger charge is -2.19. The van der Waals surface area contributed by atoms with Crippen LogP contribution in [0.15, 0.2) is 67.0 Å². The Morgan fingerprint density at radius 3 is 2.78 bits per heavy atom. The van der Waals surface area contributed by atoms with E-state index in [4.69, 9.17) is 11.6 Å². The predicted octanol–water partition coefficient (Wildman–Crippen LogP) is 4.40. The van der Waals surface area contributed by atoms with E-state index in [-0.39, 0.29) is 5.91 Å². The van der Waals surface area contributed by atoms with Crippen molar-refractivity contribution in [1.82, 2.24) is 10.3 Å². The molecule has 4 nitrogen and oxygen atoms in total. The number of anilines is 2. The fourth-order valence-electron chi connectivity index (χ4n) is 3.38. The molecule has 1 amide bonds. The molecule has 0 aliphatic carbocycles. The van der Waals surface area contributed by atoms with Gasteiger partial charge in [-0.2, -0.15) is 0 Å². The molecule has 0 radical (unpaired) electrons. The number of hydrogen-bond acceptors (Lipinski definition) is 3. The summed E-state index contributed by atoms with van der Waals surface area (Å²) in [6.45, 7) is 1.47. The van der Waals surface area contributed by atoms with Crippen LogP contribution >= 0.6 is 11.6 Å². The number of aromatic nitrogens is 1. The van der Waals surface area contributed by atoms with Crippen LogP contribution in [0, 0.1) is 0 Å². The zero-order valence-electron chi connectivity index (χ0n) is 14.9. The number of carbonyl (C=O) groups is 1. The van der Waals surface area contributed by atoms with Crippen molar-refractivity contribution in [3.8, 4) is 0 Å². The maximum Gasteiger partial charge on any atom is 0.252 e. The first-order chi connectivity index (χ1) is 13.2. The van der Waals surface area contributed by atoms with Gasteiger partial charge < -0.3 is 10.2 Å². The predicted molar refractivity (Wildman–Crippen MR) is 109 cm³/mol. The molecule has 0 bridgehead atoms. The summed E-state index contributed by atoms with van der Waals surface area (Å²) < 4.78 is 0. The maximum absolute atomic E-state index is 12.5. The standard InChI is InChI=1S/C22H20ClN3O/c23-19-7-5-16(6-8-19)9-11-25-22(27)18-13-20(15-24-14-18)26-12-10-17-3-1-2-4-21(17)26/h1-8,13-15H,9-12H2,(H,25,27). The third kappa shape index (κ3) is 3.96. The van der Waals surface area contributed by atoms with Crippen LogP contribution in [0.2, 0.25) is 5.02 Å². The fourth-order valence-corrected chi connectivity index (χ4v) is 3.51. The van der Waals surface area contributed by atoms with Gasteiger partial charge in [0.2, 0.25) is 0 Å². The molecule has 0 saturated heterocycles. The van der Waals surface area contributed by atoms with E-state index in [0.29, 0.717) is 17.1 Å². The fraction of sp³-hybridized carbons (Fsp3) is 0.182. The van der Waals surface area contributed by atoms with E-state index < -0.39 is 0 Å². The summed E-state index contributed by atoms with van der Waals surface area (Å²) in [6, 6.07) is 17.9. The number of amides is 1. The molecule has 1 aliphatic heterocycles. The molecule has 2 aromatic carbocycles. The molecule has 0 saturated carbocycles. The molecule has 0 unspecified atom stereocenters. The van der Waals surface area contributed by atoms with Crippen LogP contribution in [0.5, 0.6) is 0 Å². The summed E-state index contributed by atoms with van der Waals surface area (Å²) >= 11 is 5.90. The maximum atomic E-state index is 12.5. The number of para-hydroxylation sites is 1. The molecule has 5 heteroatoms. The van der Waals surface area contributed by atoms with Gasteiger partial charge in [0.1, 0.15) is 0 Å². The van der Waals surface area contributed by atoms with Crippen LogP contribution in [0.4, 0.5) is 11.4 Å². The Labute approximate surface area is 163 Å². The van der Waals surface area contributed by atoms with E-state index in [1.807, 2.05) is 42.6 Å². The molecule has 1 aromatic heterocycles. The molecule has 27 heavy (non-hydrogen) atoms. The van der Waals surface area contributed by atoms with Crippen molar-refractivity contribution in [2.24, 2.45) is 0 Å². The molecule has 4 rings (SSSR count). The monoisotopic (exact) mass is 377 g/mol. The van der Waals surface area contributed by atoms with Crippen molar-refractivity contribution in [2.45, 2.75) is 12.8 Å². The van der Waals surface area contributed by atoms with Gasteiger partial charge in [0.05, 0.1) is 17.4 Å². The topological polar surface area (TPSA) is 45.2 Å². The lowest BCUT2D eigenvalue weighted by atomic mass is 10.1. The van der Waals surface area contributed by atoms with Gasteiger partial charge in [-0.15, -0.1) is 0 Å². The van der Waals surface area contributed by atoms with Crippen LogP contribution in [0.1, 0.15) is 21.5 Å². The Morgan fingerprint density at radius 1 is 1.11 bits per heavy atom. The summed E-state index contributed by atoms with van der Waals surface area (Å²) in [7, 11) is 0. The van der Waals surface area contributed by atoms with Gasteiger partial charge in [0.25, 0.3) is 5.91 Å². The van der Waals surface area contributed by atoms with Crippen molar-refractivity contribution in [3.05, 3.63) is 88.7 Å². The minimum Gasteiger partial charge on any atom is -0.352 e. The lowest BCUT2D eigenvalue weighted by molar-refractivity contribution is 0.0954. The highest BCUT2D eigenvalue weighted by Gasteiger charge is 2.20. The molecule has 0 spiro atoms. The molecule has 2 heterocycles. The van der Waals surface area contributed by atoms with Gasteiger partial charge in [-0.1, -0.05) is 41.9 Å². The lowest BCUT2D eigenvalue weighted by Crippen LogP contribution is -2.26. The van der Waals surface area contributed by atoms with Crippen LogP contribution in [-0.4, -0.2) is 24.0 Å². The van der Waals surface area contributed by atoms with Gasteiger partial charge in [0.15, 0.2) is 0 Å². The first kappa shape index (κ1) is 17.6. The highest BCUT2D eigenvalue weighted by atomic mass is 35.5. The molecule has 3 aromatic rings. The quantitative estimate of drug-likeness (QED) is 0.716. The number of hydrogen-bond donors (Lipinski definition) is 1. The van der Waals surface area contributed by atoms with Crippen LogP contribution in [-0.2, 0) is 12.8 Å². The third-order valence-corrected chi connectivity index (χ3v) is 5.05. The van der Waals surface area contributed by atoms with Crippen molar-refractivity contribution < 1.29 is 4.79 Å². The molecule has 1 N–H and O–H groups in total. The van der Waals surface area contributed by atoms with E-state index in [1.165, 1.54) is 11.3 Å². The highest BCUT2D eigenvalue weighted by Crippen LogP contribution is 2.34. The Balaban J connectivity index is 1.41. The van der Waals surface area contributed by atoms with Crippen molar-refractivity contribution in [2.75, 3.05) is 18.0 Å². The van der Waals surface area contributed by atoms with Crippen LogP contribution in [0.3, 0.4) is 0 Å². The molecule has 0 fully saturated rings. The Hall–Kier alpha value is -2.85. The van der Waals surface area contributed by atoms with Crippen molar-refractivity contribution >= 4 is 28.9 Å². The number of pyridine rings is 1. The largest absolute Gasteiger partial charge is 0.352 e. The van der Waals surface area contributed by atoms with Gasteiger partial charge in [-0.05, 0) is 48.2 Å². The molecule has 0 atom stereocenters. The molecular formula is C22H20ClN3O. The minimum atomic E-state index is -0.106. The van der Waals surface area contributed by atoms with E-state index in [0.717, 1.165) is 30.6 Å². The van der Waals surface area contributed by atoms with Gasteiger partial charge in [-0.3, -0.25) is 9.78 Å². The summed E-state index contributed by atoms with van der Waals surface area (Å²) in [5, 5.41) is 3.69. The zero-order valence-corrected chi connectivity index (χ0v) is 15.6. The Bertz CT molecular complexity index is 956. The second-order valence-corrected chi connectivity index (χ2v) is 7.03. The smallest absolute Gasteiger partial charge is 0.252 e. The molecular weight excluding hydrogens is 358 g/mol. The van der Waals surface area contributed by atoms with Crippen molar-refractivity contribution in [3.63, 3.8) is 0 Å². The number of fused-ring (bicyclic) bond motifs is 1. The highest BCUT2D eigenvalue weighted by molar-refractivity contribution is 6.30. The second kappa shape index (κ2) is 7.80. The van der Waals surface area contributed by atoms with Gasteiger partial charge >= 0.3 is 0 Å². The summed E-state index contributed by atoms with van der Waals surface area (Å²) in [6.07, 6.45) is 5.19. The number of carbonyl (C=O) groups excluding carboxylic acids is 1. The number of nitrogens with one attached hydrogen (secondary N) is 1. The number of nitrogens with zero attached hydrogens (tertiary/aromatic N) is 2. The van der Waals surface area contributed by atoms with Gasteiger partial charge in [0, 0.05) is 30.0 Å². The van der Waals surface area contributed by atoms with Crippen LogP contribution in [0.25, 0.3) is 0 Å². The third-order valence-electron chi connectivity index (χ3n) is 4.80. The van der Waals surface area contributed by atoms with E-state index in [2.05, 4.69) is 33.4 Å². The SMILES string of the molecule is O=C(NCCc1ccc(Cl)cc1)c1cncc(N2CCc3ccccc32)c1. The number of benzene rings is 2.